The summed E-state index contributed by atoms with van der Waals surface area (Å²) in [6, 6.07) is 7.98. The third kappa shape index (κ3) is 3.33. The summed E-state index contributed by atoms with van der Waals surface area (Å²) in [5, 5.41) is 0. The summed E-state index contributed by atoms with van der Waals surface area (Å²) >= 11 is 0. The Hall–Kier alpha value is -2.04. The number of amides is 1. The molecule has 0 aliphatic carbocycles. The predicted molar refractivity (Wildman–Crippen MR) is 91.6 cm³/mol. The van der Waals surface area contributed by atoms with Crippen LogP contribution in [0.2, 0.25) is 0 Å². The fraction of sp³-hybridized carbons (Fsp3) is 0.556. The first-order chi connectivity index (χ1) is 11.2. The maximum atomic E-state index is 12.3. The fourth-order valence-corrected chi connectivity index (χ4v) is 3.49. The van der Waals surface area contributed by atoms with Gasteiger partial charge in [-0.3, -0.25) is 9.36 Å². The van der Waals surface area contributed by atoms with Crippen LogP contribution < -0.4 is 5.69 Å². The van der Waals surface area contributed by atoms with Crippen LogP contribution in [0.5, 0.6) is 0 Å². The molecule has 5 nitrogen and oxygen atoms in total. The summed E-state index contributed by atoms with van der Waals surface area (Å²) in [7, 11) is 0. The van der Waals surface area contributed by atoms with Crippen molar-refractivity contribution < 1.29 is 4.79 Å². The van der Waals surface area contributed by atoms with Gasteiger partial charge < -0.3 is 9.88 Å². The van der Waals surface area contributed by atoms with Gasteiger partial charge in [0, 0.05) is 25.6 Å². The molecule has 1 saturated heterocycles. The van der Waals surface area contributed by atoms with Crippen LogP contribution in [0, 0.1) is 0 Å². The predicted octanol–water partition coefficient (Wildman–Crippen LogP) is 3.07. The number of piperidine rings is 1. The second-order valence-corrected chi connectivity index (χ2v) is 6.39. The molecule has 0 bridgehead atoms. The second kappa shape index (κ2) is 7.02. The number of hydrogen-bond donors (Lipinski definition) is 1. The van der Waals surface area contributed by atoms with Gasteiger partial charge in [0.05, 0.1) is 11.0 Å². The number of para-hydroxylation sites is 2. The standard InChI is InChI=1S/C18H25N3O2/c1-2-3-4-9-17(22)20-12-10-14(11-13-20)21-16-8-6-5-7-15(16)19-18(21)23/h5-8,14H,2-4,9-13H2,1H3,(H,19,23). The Balaban J connectivity index is 1.65. The first kappa shape index (κ1) is 15.8. The van der Waals surface area contributed by atoms with E-state index < -0.39 is 0 Å². The molecule has 23 heavy (non-hydrogen) atoms. The molecular weight excluding hydrogens is 290 g/mol. The van der Waals surface area contributed by atoms with Crippen molar-refractivity contribution in [2.24, 2.45) is 0 Å². The van der Waals surface area contributed by atoms with E-state index in [1.54, 1.807) is 0 Å². The number of fused-ring (bicyclic) bond motifs is 1. The van der Waals surface area contributed by atoms with Crippen LogP contribution in [0.1, 0.15) is 51.5 Å². The number of likely N-dealkylation sites (tertiary alicyclic amines) is 1. The molecule has 0 unspecified atom stereocenters. The lowest BCUT2D eigenvalue weighted by Gasteiger charge is -2.32. The summed E-state index contributed by atoms with van der Waals surface area (Å²) in [6.07, 6.45) is 5.59. The van der Waals surface area contributed by atoms with Gasteiger partial charge in [0.2, 0.25) is 5.91 Å². The molecule has 0 saturated carbocycles. The molecular formula is C18H25N3O2. The van der Waals surface area contributed by atoms with Crippen molar-refractivity contribution in [3.05, 3.63) is 34.7 Å². The lowest BCUT2D eigenvalue weighted by Crippen LogP contribution is -2.40. The number of carbonyl (C=O) groups is 1. The highest BCUT2D eigenvalue weighted by molar-refractivity contribution is 5.76. The molecule has 2 aromatic rings. The maximum Gasteiger partial charge on any atom is 0.326 e. The minimum Gasteiger partial charge on any atom is -0.343 e. The van der Waals surface area contributed by atoms with Crippen LogP contribution in [-0.2, 0) is 4.79 Å². The van der Waals surface area contributed by atoms with E-state index in [1.165, 1.54) is 0 Å². The van der Waals surface area contributed by atoms with Crippen molar-refractivity contribution in [1.29, 1.82) is 0 Å². The van der Waals surface area contributed by atoms with E-state index in [1.807, 2.05) is 33.7 Å². The third-order valence-electron chi connectivity index (χ3n) is 4.80. The molecule has 0 spiro atoms. The number of imidazole rings is 1. The van der Waals surface area contributed by atoms with Crippen LogP contribution in [0.3, 0.4) is 0 Å². The molecule has 1 aromatic carbocycles. The Morgan fingerprint density at radius 1 is 1.22 bits per heavy atom. The van der Waals surface area contributed by atoms with E-state index in [-0.39, 0.29) is 17.6 Å². The molecule has 1 fully saturated rings. The van der Waals surface area contributed by atoms with Gasteiger partial charge in [0.1, 0.15) is 0 Å². The molecule has 1 aromatic heterocycles. The third-order valence-corrected chi connectivity index (χ3v) is 4.80. The van der Waals surface area contributed by atoms with Gasteiger partial charge in [-0.1, -0.05) is 31.9 Å². The Kier molecular flexibility index (Phi) is 4.84. The highest BCUT2D eigenvalue weighted by Gasteiger charge is 2.25. The van der Waals surface area contributed by atoms with Gasteiger partial charge in [0.25, 0.3) is 0 Å². The summed E-state index contributed by atoms with van der Waals surface area (Å²) in [5.41, 5.74) is 1.81. The SMILES string of the molecule is CCCCCC(=O)N1CCC(n2c(=O)[nH]c3ccccc32)CC1. The van der Waals surface area contributed by atoms with E-state index >= 15 is 0 Å². The molecule has 0 atom stereocenters. The molecule has 0 radical (unpaired) electrons. The van der Waals surface area contributed by atoms with Gasteiger partial charge in [-0.15, -0.1) is 0 Å². The van der Waals surface area contributed by atoms with Gasteiger partial charge in [-0.05, 0) is 31.4 Å². The van der Waals surface area contributed by atoms with Crippen molar-refractivity contribution in [2.45, 2.75) is 51.5 Å². The van der Waals surface area contributed by atoms with Gasteiger partial charge in [-0.25, -0.2) is 4.79 Å². The zero-order valence-electron chi connectivity index (χ0n) is 13.8. The quantitative estimate of drug-likeness (QED) is 0.862. The minimum absolute atomic E-state index is 0.0427. The monoisotopic (exact) mass is 315 g/mol. The van der Waals surface area contributed by atoms with Crippen LogP contribution in [0.4, 0.5) is 0 Å². The highest BCUT2D eigenvalue weighted by atomic mass is 16.2. The summed E-state index contributed by atoms with van der Waals surface area (Å²) < 4.78 is 1.87. The molecule has 5 heteroatoms. The molecule has 1 amide bonds. The van der Waals surface area contributed by atoms with Gasteiger partial charge in [-0.2, -0.15) is 0 Å². The fourth-order valence-electron chi connectivity index (χ4n) is 3.49. The number of nitrogens with zero attached hydrogens (tertiary/aromatic N) is 2. The van der Waals surface area contributed by atoms with E-state index in [0.717, 1.165) is 56.2 Å². The first-order valence-corrected chi connectivity index (χ1v) is 8.67. The normalized spacial score (nSPS) is 16.1. The summed E-state index contributed by atoms with van der Waals surface area (Å²) in [6.45, 7) is 3.65. The number of benzene rings is 1. The van der Waals surface area contributed by atoms with Crippen molar-refractivity contribution in [2.75, 3.05) is 13.1 Å². The Bertz CT molecular complexity index is 723. The van der Waals surface area contributed by atoms with Crippen LogP contribution in [0.25, 0.3) is 11.0 Å². The molecule has 1 aliphatic rings. The van der Waals surface area contributed by atoms with Crippen LogP contribution in [-0.4, -0.2) is 33.4 Å². The Morgan fingerprint density at radius 3 is 2.70 bits per heavy atom. The number of carbonyl (C=O) groups excluding carboxylic acids is 1. The average Bonchev–Trinajstić information content (AvgIpc) is 2.91. The van der Waals surface area contributed by atoms with Crippen LogP contribution >= 0.6 is 0 Å². The van der Waals surface area contributed by atoms with Gasteiger partial charge in [0.15, 0.2) is 0 Å². The highest BCUT2D eigenvalue weighted by Crippen LogP contribution is 2.25. The number of H-pyrrole nitrogens is 1. The van der Waals surface area contributed by atoms with Crippen molar-refractivity contribution in [3.8, 4) is 0 Å². The number of nitrogens with one attached hydrogen (secondary N) is 1. The van der Waals surface area contributed by atoms with E-state index in [4.69, 9.17) is 0 Å². The number of hydrogen-bond acceptors (Lipinski definition) is 2. The first-order valence-electron chi connectivity index (χ1n) is 8.67. The number of aromatic nitrogens is 2. The number of rotatable bonds is 5. The molecule has 1 N–H and O–H groups in total. The number of aromatic amines is 1. The Labute approximate surface area is 136 Å². The second-order valence-electron chi connectivity index (χ2n) is 6.39. The van der Waals surface area contributed by atoms with Crippen molar-refractivity contribution in [1.82, 2.24) is 14.5 Å². The summed E-state index contributed by atoms with van der Waals surface area (Å²) in [4.78, 5) is 29.3. The molecule has 2 heterocycles. The number of unbranched alkanes of at least 4 members (excludes halogenated alkanes) is 2. The molecule has 1 aliphatic heterocycles. The van der Waals surface area contributed by atoms with E-state index in [2.05, 4.69) is 11.9 Å². The minimum atomic E-state index is -0.0427. The molecule has 3 rings (SSSR count). The summed E-state index contributed by atoms with van der Waals surface area (Å²) in [5.74, 6) is 0.267. The zero-order valence-corrected chi connectivity index (χ0v) is 13.8. The van der Waals surface area contributed by atoms with E-state index in [0.29, 0.717) is 6.42 Å². The van der Waals surface area contributed by atoms with E-state index in [9.17, 15) is 9.59 Å². The zero-order chi connectivity index (χ0) is 16.2. The van der Waals surface area contributed by atoms with Crippen LogP contribution in [0.15, 0.2) is 29.1 Å². The maximum absolute atomic E-state index is 12.3. The van der Waals surface area contributed by atoms with Crippen molar-refractivity contribution >= 4 is 16.9 Å². The van der Waals surface area contributed by atoms with Crippen molar-refractivity contribution in [3.63, 3.8) is 0 Å². The lowest BCUT2D eigenvalue weighted by molar-refractivity contribution is -0.132. The van der Waals surface area contributed by atoms with Gasteiger partial charge >= 0.3 is 5.69 Å². The Morgan fingerprint density at radius 2 is 1.96 bits per heavy atom. The smallest absolute Gasteiger partial charge is 0.326 e. The lowest BCUT2D eigenvalue weighted by atomic mass is 10.0. The topological polar surface area (TPSA) is 58.1 Å². The average molecular weight is 315 g/mol. The molecule has 124 valence electrons. The largest absolute Gasteiger partial charge is 0.343 e.